The number of aromatic nitrogens is 1. The van der Waals surface area contributed by atoms with Crippen LogP contribution >= 0.6 is 22.6 Å². The SMILES string of the molecule is COc1cc(C=Nc2ccc(-c3cnco3)cc2)cc(I)c1O. The zero-order valence-corrected chi connectivity index (χ0v) is 14.4. The van der Waals surface area contributed by atoms with Crippen molar-refractivity contribution in [3.8, 4) is 22.8 Å². The molecule has 0 fully saturated rings. The lowest BCUT2D eigenvalue weighted by Crippen LogP contribution is -1.90. The van der Waals surface area contributed by atoms with E-state index in [0.717, 1.165) is 22.6 Å². The lowest BCUT2D eigenvalue weighted by atomic mass is 10.1. The van der Waals surface area contributed by atoms with Gasteiger partial charge < -0.3 is 14.3 Å². The number of halogens is 1. The van der Waals surface area contributed by atoms with Crippen molar-refractivity contribution in [2.45, 2.75) is 0 Å². The Morgan fingerprint density at radius 3 is 2.70 bits per heavy atom. The lowest BCUT2D eigenvalue weighted by Gasteiger charge is -2.06. The van der Waals surface area contributed by atoms with Crippen LogP contribution in [0.1, 0.15) is 5.56 Å². The standard InChI is InChI=1S/C17H13IN2O3/c1-22-15-7-11(6-14(18)17(15)21)8-20-13-4-2-12(3-5-13)16-9-19-10-23-16/h2-10,21H,1H3. The second kappa shape index (κ2) is 6.82. The zero-order valence-electron chi connectivity index (χ0n) is 12.2. The van der Waals surface area contributed by atoms with Crippen LogP contribution in [0, 0.1) is 3.57 Å². The quantitative estimate of drug-likeness (QED) is 0.502. The molecule has 0 atom stereocenters. The molecular weight excluding hydrogens is 407 g/mol. The molecule has 6 heteroatoms. The van der Waals surface area contributed by atoms with Gasteiger partial charge in [0.25, 0.3) is 0 Å². The Morgan fingerprint density at radius 2 is 2.04 bits per heavy atom. The average Bonchev–Trinajstić information content (AvgIpc) is 3.11. The van der Waals surface area contributed by atoms with E-state index in [1.807, 2.05) is 30.3 Å². The molecule has 1 N–H and O–H groups in total. The second-order valence-corrected chi connectivity index (χ2v) is 5.89. The maximum Gasteiger partial charge on any atom is 0.181 e. The van der Waals surface area contributed by atoms with Crippen LogP contribution in [0.15, 0.2) is 58.4 Å². The summed E-state index contributed by atoms with van der Waals surface area (Å²) < 4.78 is 11.1. The molecule has 1 heterocycles. The van der Waals surface area contributed by atoms with Crippen LogP contribution in [0.3, 0.4) is 0 Å². The fraction of sp³-hybridized carbons (Fsp3) is 0.0588. The number of aromatic hydroxyl groups is 1. The first-order valence-corrected chi connectivity index (χ1v) is 7.85. The van der Waals surface area contributed by atoms with Gasteiger partial charge in [-0.1, -0.05) is 0 Å². The number of oxazole rings is 1. The first-order chi connectivity index (χ1) is 11.2. The number of phenolic OH excluding ortho intramolecular Hbond substituents is 1. The first-order valence-electron chi connectivity index (χ1n) is 6.77. The molecule has 0 saturated heterocycles. The molecule has 5 nitrogen and oxygen atoms in total. The number of ether oxygens (including phenoxy) is 1. The largest absolute Gasteiger partial charge is 0.504 e. The minimum absolute atomic E-state index is 0.140. The average molecular weight is 420 g/mol. The third-order valence-electron chi connectivity index (χ3n) is 3.22. The van der Waals surface area contributed by atoms with Gasteiger partial charge >= 0.3 is 0 Å². The minimum Gasteiger partial charge on any atom is -0.504 e. The summed E-state index contributed by atoms with van der Waals surface area (Å²) in [6, 6.07) is 11.2. The van der Waals surface area contributed by atoms with Crippen LogP contribution in [-0.2, 0) is 0 Å². The van der Waals surface area contributed by atoms with Gasteiger partial charge in [0.05, 0.1) is 22.6 Å². The second-order valence-electron chi connectivity index (χ2n) is 4.72. The normalized spacial score (nSPS) is 11.0. The van der Waals surface area contributed by atoms with Crippen molar-refractivity contribution in [1.29, 1.82) is 0 Å². The van der Waals surface area contributed by atoms with E-state index in [0.29, 0.717) is 9.32 Å². The number of rotatable bonds is 4. The molecule has 1 aromatic heterocycles. The fourth-order valence-electron chi connectivity index (χ4n) is 2.04. The summed E-state index contributed by atoms with van der Waals surface area (Å²) in [6.07, 6.45) is 4.80. The van der Waals surface area contributed by atoms with Gasteiger partial charge in [0.15, 0.2) is 23.7 Å². The van der Waals surface area contributed by atoms with Gasteiger partial charge in [0, 0.05) is 11.8 Å². The van der Waals surface area contributed by atoms with E-state index in [-0.39, 0.29) is 5.75 Å². The van der Waals surface area contributed by atoms with E-state index in [1.165, 1.54) is 13.5 Å². The highest BCUT2D eigenvalue weighted by Gasteiger charge is 2.07. The topological polar surface area (TPSA) is 67.9 Å². The Balaban J connectivity index is 1.81. The number of hydrogen-bond acceptors (Lipinski definition) is 5. The van der Waals surface area contributed by atoms with E-state index >= 15 is 0 Å². The molecule has 0 aliphatic rings. The van der Waals surface area contributed by atoms with E-state index < -0.39 is 0 Å². The zero-order chi connectivity index (χ0) is 16.2. The monoisotopic (exact) mass is 420 g/mol. The van der Waals surface area contributed by atoms with E-state index in [4.69, 9.17) is 9.15 Å². The summed E-state index contributed by atoms with van der Waals surface area (Å²) in [4.78, 5) is 8.33. The third-order valence-corrected chi connectivity index (χ3v) is 4.04. The number of benzene rings is 2. The van der Waals surface area contributed by atoms with Crippen LogP contribution in [0.5, 0.6) is 11.5 Å². The van der Waals surface area contributed by atoms with Gasteiger partial charge in [0.2, 0.25) is 0 Å². The number of nitrogens with zero attached hydrogens (tertiary/aromatic N) is 2. The van der Waals surface area contributed by atoms with Gasteiger partial charge in [-0.3, -0.25) is 4.99 Å². The Labute approximate surface area is 146 Å². The smallest absolute Gasteiger partial charge is 0.181 e. The van der Waals surface area contributed by atoms with Crippen LogP contribution in [0.25, 0.3) is 11.3 Å². The Bertz CT molecular complexity index is 828. The number of phenols is 1. The van der Waals surface area contributed by atoms with E-state index in [9.17, 15) is 5.11 Å². The summed E-state index contributed by atoms with van der Waals surface area (Å²) in [5, 5.41) is 9.84. The number of methoxy groups -OCH3 is 1. The predicted molar refractivity (Wildman–Crippen MR) is 96.6 cm³/mol. The highest BCUT2D eigenvalue weighted by atomic mass is 127. The van der Waals surface area contributed by atoms with Gasteiger partial charge in [-0.25, -0.2) is 4.98 Å². The molecule has 0 saturated carbocycles. The van der Waals surface area contributed by atoms with Crippen LogP contribution in [-0.4, -0.2) is 23.4 Å². The van der Waals surface area contributed by atoms with Crippen LogP contribution in [0.2, 0.25) is 0 Å². The summed E-state index contributed by atoms with van der Waals surface area (Å²) in [6.45, 7) is 0. The van der Waals surface area contributed by atoms with Gasteiger partial charge in [0.1, 0.15) is 0 Å². The minimum atomic E-state index is 0.140. The maximum absolute atomic E-state index is 9.84. The summed E-state index contributed by atoms with van der Waals surface area (Å²) >= 11 is 2.06. The molecule has 0 spiro atoms. The van der Waals surface area contributed by atoms with Crippen LogP contribution < -0.4 is 4.74 Å². The van der Waals surface area contributed by atoms with Crippen molar-refractivity contribution in [2.24, 2.45) is 4.99 Å². The summed E-state index contributed by atoms with van der Waals surface area (Å²) in [5.41, 5.74) is 2.61. The summed E-state index contributed by atoms with van der Waals surface area (Å²) in [5.74, 6) is 1.29. The van der Waals surface area contributed by atoms with Crippen molar-refractivity contribution in [2.75, 3.05) is 7.11 Å². The number of aliphatic imine (C=N–C) groups is 1. The van der Waals surface area contributed by atoms with Crippen molar-refractivity contribution in [1.82, 2.24) is 4.98 Å². The summed E-state index contributed by atoms with van der Waals surface area (Å²) in [7, 11) is 1.52. The van der Waals surface area contributed by atoms with Gasteiger partial charge in [-0.05, 0) is 64.6 Å². The third kappa shape index (κ3) is 3.53. The van der Waals surface area contributed by atoms with Crippen molar-refractivity contribution >= 4 is 34.5 Å². The molecule has 0 aliphatic heterocycles. The fourth-order valence-corrected chi connectivity index (χ4v) is 2.67. The Hall–Kier alpha value is -2.35. The lowest BCUT2D eigenvalue weighted by molar-refractivity contribution is 0.371. The molecule has 2 aromatic carbocycles. The predicted octanol–water partition coefficient (Wildman–Crippen LogP) is 4.41. The van der Waals surface area contributed by atoms with Crippen molar-refractivity contribution in [3.05, 3.63) is 58.1 Å². The molecule has 23 heavy (non-hydrogen) atoms. The van der Waals surface area contributed by atoms with Gasteiger partial charge in [-0.15, -0.1) is 0 Å². The Morgan fingerprint density at radius 1 is 1.26 bits per heavy atom. The van der Waals surface area contributed by atoms with E-state index in [1.54, 1.807) is 18.5 Å². The van der Waals surface area contributed by atoms with Crippen LogP contribution in [0.4, 0.5) is 5.69 Å². The highest BCUT2D eigenvalue weighted by molar-refractivity contribution is 14.1. The molecule has 0 amide bonds. The first kappa shape index (κ1) is 15.5. The molecule has 0 unspecified atom stereocenters. The molecule has 3 aromatic rings. The molecule has 3 rings (SSSR count). The molecule has 0 radical (unpaired) electrons. The van der Waals surface area contributed by atoms with Gasteiger partial charge in [-0.2, -0.15) is 0 Å². The molecular formula is C17H13IN2O3. The maximum atomic E-state index is 9.84. The van der Waals surface area contributed by atoms with E-state index in [2.05, 4.69) is 32.6 Å². The molecule has 116 valence electrons. The molecule has 0 aliphatic carbocycles. The Kier molecular flexibility index (Phi) is 4.61. The molecule has 0 bridgehead atoms. The van der Waals surface area contributed by atoms with Crippen molar-refractivity contribution in [3.63, 3.8) is 0 Å². The van der Waals surface area contributed by atoms with Crippen molar-refractivity contribution < 1.29 is 14.3 Å². The number of hydrogen-bond donors (Lipinski definition) is 1. The highest BCUT2D eigenvalue weighted by Crippen LogP contribution is 2.32.